The molecule has 2 N–H and O–H groups in total. The van der Waals surface area contributed by atoms with E-state index in [0.717, 1.165) is 19.4 Å². The van der Waals surface area contributed by atoms with Crippen LogP contribution in [0.25, 0.3) is 0 Å². The number of aliphatic hydroxyl groups excluding tert-OH is 2. The molecule has 0 spiro atoms. The predicted molar refractivity (Wildman–Crippen MR) is 42.0 cm³/mol. The average molecular weight is 161 g/mol. The molecule has 0 aromatic carbocycles. The summed E-state index contributed by atoms with van der Waals surface area (Å²) < 4.78 is 0. The molecule has 1 rings (SSSR count). The van der Waals surface area contributed by atoms with E-state index in [1.807, 2.05) is 0 Å². The molecule has 1 fully saturated rings. The largest absolute Gasteiger partial charge is 0.501 e. The van der Waals surface area contributed by atoms with Gasteiger partial charge in [-0.15, -0.1) is 0 Å². The molecule has 1 saturated heterocycles. The van der Waals surface area contributed by atoms with Gasteiger partial charge in [0.1, 0.15) is 0 Å². The standard InChI is InChI=1S/C6H11NO2S/c8-4-7-3-1-2-5(7)6(9)10/h5,8H,1-4H2,(H,9,10)/t5-/m0/s1. The first-order chi connectivity index (χ1) is 4.75. The molecule has 0 aliphatic carbocycles. The molecular formula is C6H11NO2S. The first-order valence-corrected chi connectivity index (χ1v) is 3.74. The van der Waals surface area contributed by atoms with Crippen molar-refractivity contribution in [2.45, 2.75) is 18.9 Å². The molecule has 0 amide bonds. The second-order valence-corrected chi connectivity index (χ2v) is 2.87. The fourth-order valence-corrected chi connectivity index (χ4v) is 1.54. The Hall–Kier alpha value is -0.190. The molecule has 10 heavy (non-hydrogen) atoms. The summed E-state index contributed by atoms with van der Waals surface area (Å²) >= 11 is 4.60. The zero-order valence-corrected chi connectivity index (χ0v) is 6.47. The average Bonchev–Trinajstić information content (AvgIpc) is 2.33. The summed E-state index contributed by atoms with van der Waals surface area (Å²) in [5, 5.41) is 17.7. The number of hydrogen-bond donors (Lipinski definition) is 2. The predicted octanol–water partition coefficient (Wildman–Crippen LogP) is 0.286. The van der Waals surface area contributed by atoms with Crippen molar-refractivity contribution in [3.63, 3.8) is 0 Å². The lowest BCUT2D eigenvalue weighted by atomic mass is 10.2. The van der Waals surface area contributed by atoms with Gasteiger partial charge in [0, 0.05) is 6.54 Å². The van der Waals surface area contributed by atoms with Crippen LogP contribution in [0.15, 0.2) is 0 Å². The Labute approximate surface area is 65.3 Å². The lowest BCUT2D eigenvalue weighted by Crippen LogP contribution is -2.35. The highest BCUT2D eigenvalue weighted by Gasteiger charge is 2.26. The molecule has 0 unspecified atom stereocenters. The van der Waals surface area contributed by atoms with E-state index in [0.29, 0.717) is 0 Å². The Balaban J connectivity index is 2.50. The van der Waals surface area contributed by atoms with Gasteiger partial charge >= 0.3 is 0 Å². The van der Waals surface area contributed by atoms with Crippen molar-refractivity contribution < 1.29 is 10.2 Å². The summed E-state index contributed by atoms with van der Waals surface area (Å²) in [6, 6.07) is -0.0833. The van der Waals surface area contributed by atoms with Crippen molar-refractivity contribution in [2.24, 2.45) is 0 Å². The zero-order chi connectivity index (χ0) is 7.56. The van der Waals surface area contributed by atoms with E-state index in [2.05, 4.69) is 12.2 Å². The normalized spacial score (nSPS) is 27.1. The number of likely N-dealkylation sites (tertiary alicyclic amines) is 1. The minimum atomic E-state index is -0.0833. The smallest absolute Gasteiger partial charge is 0.174 e. The number of aliphatic hydroxyl groups is 2. The number of rotatable bonds is 2. The van der Waals surface area contributed by atoms with Crippen molar-refractivity contribution >= 4 is 17.3 Å². The van der Waals surface area contributed by atoms with E-state index in [9.17, 15) is 0 Å². The van der Waals surface area contributed by atoms with Crippen molar-refractivity contribution in [2.75, 3.05) is 13.3 Å². The third kappa shape index (κ3) is 1.45. The van der Waals surface area contributed by atoms with Gasteiger partial charge < -0.3 is 10.2 Å². The fourth-order valence-electron chi connectivity index (χ4n) is 1.28. The van der Waals surface area contributed by atoms with E-state index in [4.69, 9.17) is 10.2 Å². The van der Waals surface area contributed by atoms with Crippen LogP contribution in [0.4, 0.5) is 0 Å². The minimum absolute atomic E-state index is 0.00606. The topological polar surface area (TPSA) is 43.7 Å². The van der Waals surface area contributed by atoms with Gasteiger partial charge in [0.05, 0.1) is 12.8 Å². The first kappa shape index (κ1) is 7.91. The van der Waals surface area contributed by atoms with Crippen LogP contribution in [0.5, 0.6) is 0 Å². The molecule has 1 atom stereocenters. The summed E-state index contributed by atoms with van der Waals surface area (Å²) in [4.78, 5) is 1.77. The maximum absolute atomic E-state index is 8.93. The van der Waals surface area contributed by atoms with Gasteiger partial charge in [0.2, 0.25) is 0 Å². The maximum atomic E-state index is 8.93. The molecule has 3 nitrogen and oxygen atoms in total. The van der Waals surface area contributed by atoms with Crippen LogP contribution >= 0.6 is 12.2 Å². The number of nitrogens with zero attached hydrogens (tertiary/aromatic N) is 1. The summed E-state index contributed by atoms with van der Waals surface area (Å²) in [6.07, 6.45) is 1.88. The van der Waals surface area contributed by atoms with E-state index in [1.165, 1.54) is 0 Å². The van der Waals surface area contributed by atoms with E-state index < -0.39 is 0 Å². The Kier molecular flexibility index (Phi) is 2.59. The molecule has 58 valence electrons. The van der Waals surface area contributed by atoms with Gasteiger partial charge in [-0.05, 0) is 25.1 Å². The highest BCUT2D eigenvalue weighted by atomic mass is 32.1. The van der Waals surface area contributed by atoms with Gasteiger partial charge in [-0.25, -0.2) is 0 Å². The van der Waals surface area contributed by atoms with Gasteiger partial charge in [0.25, 0.3) is 0 Å². The third-order valence-electron chi connectivity index (χ3n) is 1.83. The number of thiocarbonyl (C=S) groups is 1. The molecule has 0 bridgehead atoms. The van der Waals surface area contributed by atoms with Gasteiger partial charge in [-0.2, -0.15) is 0 Å². The number of hydrogen-bond acceptors (Lipinski definition) is 3. The van der Waals surface area contributed by atoms with Crippen molar-refractivity contribution in [3.05, 3.63) is 0 Å². The Morgan fingerprint density at radius 1 is 1.70 bits per heavy atom. The second kappa shape index (κ2) is 3.27. The lowest BCUT2D eigenvalue weighted by molar-refractivity contribution is 0.112. The molecule has 0 aromatic heterocycles. The lowest BCUT2D eigenvalue weighted by Gasteiger charge is -2.18. The molecule has 4 heteroatoms. The fraction of sp³-hybridized carbons (Fsp3) is 0.833. The van der Waals surface area contributed by atoms with Crippen LogP contribution in [0.2, 0.25) is 0 Å². The zero-order valence-electron chi connectivity index (χ0n) is 5.66. The van der Waals surface area contributed by atoms with Gasteiger partial charge in [0.15, 0.2) is 5.05 Å². The summed E-state index contributed by atoms with van der Waals surface area (Å²) in [5.74, 6) is 0. The van der Waals surface area contributed by atoms with Crippen LogP contribution in [0.3, 0.4) is 0 Å². The highest BCUT2D eigenvalue weighted by Crippen LogP contribution is 2.16. The minimum Gasteiger partial charge on any atom is -0.501 e. The van der Waals surface area contributed by atoms with Crippen LogP contribution < -0.4 is 0 Å². The van der Waals surface area contributed by atoms with Crippen LogP contribution in [-0.2, 0) is 0 Å². The van der Waals surface area contributed by atoms with Gasteiger partial charge in [-0.1, -0.05) is 0 Å². The summed E-state index contributed by atoms with van der Waals surface area (Å²) in [6.45, 7) is 0.827. The van der Waals surface area contributed by atoms with E-state index >= 15 is 0 Å². The van der Waals surface area contributed by atoms with Crippen molar-refractivity contribution in [1.82, 2.24) is 4.90 Å². The SMILES string of the molecule is OCN1CCC[C@H]1C(O)=S. The van der Waals surface area contributed by atoms with E-state index in [-0.39, 0.29) is 17.8 Å². The third-order valence-corrected chi connectivity index (χ3v) is 2.10. The van der Waals surface area contributed by atoms with Crippen molar-refractivity contribution in [1.29, 1.82) is 0 Å². The molecule has 1 aliphatic heterocycles. The molecular weight excluding hydrogens is 150 g/mol. The molecule has 0 saturated carbocycles. The molecule has 0 aromatic rings. The summed E-state index contributed by atoms with van der Waals surface area (Å²) in [7, 11) is 0. The van der Waals surface area contributed by atoms with Crippen molar-refractivity contribution in [3.8, 4) is 0 Å². The van der Waals surface area contributed by atoms with Gasteiger partial charge in [-0.3, -0.25) is 4.90 Å². The van der Waals surface area contributed by atoms with Crippen LogP contribution in [0, 0.1) is 0 Å². The maximum Gasteiger partial charge on any atom is 0.174 e. The Morgan fingerprint density at radius 2 is 2.40 bits per heavy atom. The van der Waals surface area contributed by atoms with E-state index in [1.54, 1.807) is 4.90 Å². The molecule has 1 heterocycles. The first-order valence-electron chi connectivity index (χ1n) is 3.33. The highest BCUT2D eigenvalue weighted by molar-refractivity contribution is 7.80. The second-order valence-electron chi connectivity index (χ2n) is 2.45. The Morgan fingerprint density at radius 3 is 2.80 bits per heavy atom. The monoisotopic (exact) mass is 161 g/mol. The quantitative estimate of drug-likeness (QED) is 0.571. The molecule has 1 aliphatic rings. The van der Waals surface area contributed by atoms with Crippen LogP contribution in [0.1, 0.15) is 12.8 Å². The summed E-state index contributed by atoms with van der Waals surface area (Å²) in [5.41, 5.74) is 0. The van der Waals surface area contributed by atoms with Crippen LogP contribution in [-0.4, -0.2) is 39.5 Å². The Bertz CT molecular complexity index is 140. The molecule has 0 radical (unpaired) electrons.